The van der Waals surface area contributed by atoms with Crippen LogP contribution in [0.5, 0.6) is 0 Å². The number of nitrogens with zero attached hydrogens (tertiary/aromatic N) is 3. The molecule has 6 nitrogen and oxygen atoms in total. The van der Waals surface area contributed by atoms with Crippen LogP contribution < -0.4 is 5.43 Å². The topological polar surface area (TPSA) is 84.1 Å². The molecule has 3 aromatic rings. The lowest BCUT2D eigenvalue weighted by Gasteiger charge is -1.98. The third-order valence-electron chi connectivity index (χ3n) is 2.49. The Kier molecular flexibility index (Phi) is 3.11. The van der Waals surface area contributed by atoms with E-state index in [-0.39, 0.29) is 5.43 Å². The molecule has 0 radical (unpaired) electrons. The van der Waals surface area contributed by atoms with Crippen LogP contribution in [0, 0.1) is 3.57 Å². The summed E-state index contributed by atoms with van der Waals surface area (Å²) in [5.74, 6) is 0.335. The van der Waals surface area contributed by atoms with Gasteiger partial charge in [-0.05, 0) is 40.8 Å². The van der Waals surface area contributed by atoms with Gasteiger partial charge in [0.05, 0.1) is 10.9 Å². The molecule has 1 aromatic carbocycles. The van der Waals surface area contributed by atoms with Crippen molar-refractivity contribution in [2.75, 3.05) is 0 Å². The van der Waals surface area contributed by atoms with Crippen molar-refractivity contribution in [2.24, 2.45) is 4.99 Å². The van der Waals surface area contributed by atoms with Gasteiger partial charge in [0.1, 0.15) is 18.2 Å². The first kappa shape index (κ1) is 12.0. The maximum absolute atomic E-state index is 12.2. The number of fused-ring (bicyclic) bond motifs is 1. The SMILES string of the molecule is O=c1c(/C=N/c2ncn[nH]2)coc2cc(I)ccc12. The van der Waals surface area contributed by atoms with Crippen LogP contribution in [0.1, 0.15) is 5.56 Å². The summed E-state index contributed by atoms with van der Waals surface area (Å²) in [4.78, 5) is 20.0. The van der Waals surface area contributed by atoms with Gasteiger partial charge in [-0.25, -0.2) is 10.1 Å². The Bertz CT molecular complexity index is 808. The number of halogens is 1. The molecule has 0 atom stereocenters. The van der Waals surface area contributed by atoms with Crippen LogP contribution >= 0.6 is 22.6 Å². The van der Waals surface area contributed by atoms with Gasteiger partial charge in [-0.3, -0.25) is 4.79 Å². The zero-order chi connectivity index (χ0) is 13.2. The standard InChI is InChI=1S/C12H7IN4O2/c13-8-1-2-9-10(3-8)19-5-7(11(9)18)4-14-12-15-6-16-17-12/h1-6H,(H,15,16,17)/b14-4+. The van der Waals surface area contributed by atoms with Gasteiger partial charge in [0, 0.05) is 9.78 Å². The quantitative estimate of drug-likeness (QED) is 0.557. The lowest BCUT2D eigenvalue weighted by Crippen LogP contribution is -2.07. The number of hydrogen-bond donors (Lipinski definition) is 1. The van der Waals surface area contributed by atoms with Gasteiger partial charge in [0.2, 0.25) is 11.4 Å². The predicted octanol–water partition coefficient (Wildman–Crippen LogP) is 2.27. The molecular weight excluding hydrogens is 359 g/mol. The van der Waals surface area contributed by atoms with Crippen LogP contribution in [0.25, 0.3) is 11.0 Å². The van der Waals surface area contributed by atoms with Crippen LogP contribution in [0.3, 0.4) is 0 Å². The molecule has 0 saturated heterocycles. The molecule has 19 heavy (non-hydrogen) atoms. The lowest BCUT2D eigenvalue weighted by molar-refractivity contribution is 0.601. The van der Waals surface area contributed by atoms with E-state index in [0.717, 1.165) is 3.57 Å². The van der Waals surface area contributed by atoms with E-state index < -0.39 is 0 Å². The summed E-state index contributed by atoms with van der Waals surface area (Å²) < 4.78 is 6.44. The molecule has 0 aliphatic heterocycles. The molecule has 7 heteroatoms. The fraction of sp³-hybridized carbons (Fsp3) is 0. The summed E-state index contributed by atoms with van der Waals surface area (Å²) in [5, 5.41) is 6.77. The van der Waals surface area contributed by atoms with Gasteiger partial charge in [0.25, 0.3) is 0 Å². The number of aromatic amines is 1. The van der Waals surface area contributed by atoms with E-state index in [1.54, 1.807) is 6.07 Å². The molecule has 0 spiro atoms. The molecule has 0 aliphatic rings. The third-order valence-corrected chi connectivity index (χ3v) is 3.16. The van der Waals surface area contributed by atoms with Crippen LogP contribution in [0.15, 0.2) is 45.0 Å². The van der Waals surface area contributed by atoms with Crippen molar-refractivity contribution >= 4 is 45.7 Å². The molecule has 94 valence electrons. The number of benzene rings is 1. The average Bonchev–Trinajstić information content (AvgIpc) is 2.91. The van der Waals surface area contributed by atoms with Crippen LogP contribution in [-0.2, 0) is 0 Å². The zero-order valence-corrected chi connectivity index (χ0v) is 11.7. The van der Waals surface area contributed by atoms with Crippen molar-refractivity contribution in [3.05, 3.63) is 50.1 Å². The highest BCUT2D eigenvalue weighted by atomic mass is 127. The second-order valence-corrected chi connectivity index (χ2v) is 4.97. The van der Waals surface area contributed by atoms with Crippen molar-refractivity contribution in [2.45, 2.75) is 0 Å². The van der Waals surface area contributed by atoms with Gasteiger partial charge < -0.3 is 4.42 Å². The highest BCUT2D eigenvalue weighted by Crippen LogP contribution is 2.15. The second-order valence-electron chi connectivity index (χ2n) is 3.73. The monoisotopic (exact) mass is 366 g/mol. The first-order chi connectivity index (χ1) is 9.24. The van der Waals surface area contributed by atoms with Gasteiger partial charge in [-0.15, -0.1) is 0 Å². The summed E-state index contributed by atoms with van der Waals surface area (Å²) in [7, 11) is 0. The minimum absolute atomic E-state index is 0.124. The molecule has 0 aliphatic carbocycles. The maximum atomic E-state index is 12.2. The number of aliphatic imine (C=N–C) groups is 1. The molecular formula is C12H7IN4O2. The molecule has 0 unspecified atom stereocenters. The minimum Gasteiger partial charge on any atom is -0.463 e. The largest absolute Gasteiger partial charge is 0.463 e. The van der Waals surface area contributed by atoms with Gasteiger partial charge in [-0.1, -0.05) is 0 Å². The first-order valence-electron chi connectivity index (χ1n) is 5.34. The molecule has 2 heterocycles. The van der Waals surface area contributed by atoms with Crippen LogP contribution in [-0.4, -0.2) is 21.4 Å². The van der Waals surface area contributed by atoms with Crippen molar-refractivity contribution in [1.29, 1.82) is 0 Å². The van der Waals surface area contributed by atoms with E-state index in [0.29, 0.717) is 22.5 Å². The van der Waals surface area contributed by atoms with Gasteiger partial charge in [0.15, 0.2) is 0 Å². The molecule has 2 aromatic heterocycles. The number of rotatable bonds is 2. The van der Waals surface area contributed by atoms with E-state index in [1.807, 2.05) is 12.1 Å². The fourth-order valence-electron chi connectivity index (χ4n) is 1.60. The number of hydrogen-bond acceptors (Lipinski definition) is 5. The minimum atomic E-state index is -0.124. The second kappa shape index (κ2) is 4.92. The van der Waals surface area contributed by atoms with Crippen molar-refractivity contribution in [3.63, 3.8) is 0 Å². The van der Waals surface area contributed by atoms with Crippen molar-refractivity contribution in [3.8, 4) is 0 Å². The Balaban J connectivity index is 2.08. The van der Waals surface area contributed by atoms with Crippen LogP contribution in [0.4, 0.5) is 5.95 Å². The molecule has 0 bridgehead atoms. The van der Waals surface area contributed by atoms with E-state index >= 15 is 0 Å². The smallest absolute Gasteiger partial charge is 0.245 e. The average molecular weight is 366 g/mol. The maximum Gasteiger partial charge on any atom is 0.245 e. The fourth-order valence-corrected chi connectivity index (χ4v) is 2.06. The molecule has 0 saturated carbocycles. The lowest BCUT2D eigenvalue weighted by atomic mass is 10.2. The summed E-state index contributed by atoms with van der Waals surface area (Å²) in [6.45, 7) is 0. The molecule has 0 amide bonds. The van der Waals surface area contributed by atoms with Gasteiger partial charge >= 0.3 is 0 Å². The highest BCUT2D eigenvalue weighted by molar-refractivity contribution is 14.1. The Labute approximate surface area is 120 Å². The summed E-state index contributed by atoms with van der Waals surface area (Å²) in [6.07, 6.45) is 4.14. The van der Waals surface area contributed by atoms with Crippen molar-refractivity contribution in [1.82, 2.24) is 15.2 Å². The van der Waals surface area contributed by atoms with E-state index in [9.17, 15) is 4.79 Å². The van der Waals surface area contributed by atoms with Crippen molar-refractivity contribution < 1.29 is 4.42 Å². The van der Waals surface area contributed by atoms with E-state index in [1.165, 1.54) is 18.8 Å². The highest BCUT2D eigenvalue weighted by Gasteiger charge is 2.05. The number of H-pyrrole nitrogens is 1. The first-order valence-corrected chi connectivity index (χ1v) is 6.42. The summed E-state index contributed by atoms with van der Waals surface area (Å²) in [6, 6.07) is 5.42. The zero-order valence-electron chi connectivity index (χ0n) is 9.50. The van der Waals surface area contributed by atoms with E-state index in [2.05, 4.69) is 42.8 Å². The normalized spacial score (nSPS) is 11.4. The summed E-state index contributed by atoms with van der Waals surface area (Å²) >= 11 is 2.16. The number of aromatic nitrogens is 3. The Morgan fingerprint density at radius 3 is 3.11 bits per heavy atom. The Morgan fingerprint density at radius 1 is 1.42 bits per heavy atom. The number of nitrogens with one attached hydrogen (secondary N) is 1. The van der Waals surface area contributed by atoms with Crippen LogP contribution in [0.2, 0.25) is 0 Å². The predicted molar refractivity (Wildman–Crippen MR) is 78.8 cm³/mol. The Hall–Kier alpha value is -2.03. The summed E-state index contributed by atoms with van der Waals surface area (Å²) in [5.41, 5.74) is 0.805. The molecule has 3 rings (SSSR count). The molecule has 1 N–H and O–H groups in total. The molecule has 0 fully saturated rings. The van der Waals surface area contributed by atoms with Gasteiger partial charge in [-0.2, -0.15) is 10.1 Å². The Morgan fingerprint density at radius 2 is 2.32 bits per heavy atom. The van der Waals surface area contributed by atoms with E-state index in [4.69, 9.17) is 4.42 Å². The third kappa shape index (κ3) is 2.41.